The number of rotatable bonds is 10. The molecule has 1 rings (SSSR count). The summed E-state index contributed by atoms with van der Waals surface area (Å²) in [7, 11) is 3.29. The van der Waals surface area contributed by atoms with Gasteiger partial charge in [-0.15, -0.1) is 0 Å². The van der Waals surface area contributed by atoms with Crippen molar-refractivity contribution in [1.29, 1.82) is 0 Å². The average Bonchev–Trinajstić information content (AvgIpc) is 2.78. The third-order valence-electron chi connectivity index (χ3n) is 3.08. The van der Waals surface area contributed by atoms with Gasteiger partial charge in [-0.3, -0.25) is 4.68 Å². The van der Waals surface area contributed by atoms with Gasteiger partial charge in [0, 0.05) is 20.8 Å². The van der Waals surface area contributed by atoms with Crippen LogP contribution in [0.2, 0.25) is 5.02 Å². The summed E-state index contributed by atoms with van der Waals surface area (Å²) in [6.07, 6.45) is 2.09. The van der Waals surface area contributed by atoms with Crippen molar-refractivity contribution in [2.45, 2.75) is 25.5 Å². The molecule has 1 unspecified atom stereocenters. The van der Waals surface area contributed by atoms with Crippen LogP contribution >= 0.6 is 11.6 Å². The highest BCUT2D eigenvalue weighted by Gasteiger charge is 2.29. The van der Waals surface area contributed by atoms with Gasteiger partial charge in [-0.25, -0.2) is 0 Å². The lowest BCUT2D eigenvalue weighted by atomic mass is 9.98. The van der Waals surface area contributed by atoms with Crippen molar-refractivity contribution in [3.8, 4) is 0 Å². The largest absolute Gasteiger partial charge is 0.384 e. The van der Waals surface area contributed by atoms with Crippen molar-refractivity contribution in [2.75, 3.05) is 40.5 Å². The third kappa shape index (κ3) is 5.03. The van der Waals surface area contributed by atoms with E-state index in [4.69, 9.17) is 21.1 Å². The zero-order valence-electron chi connectivity index (χ0n) is 12.4. The summed E-state index contributed by atoms with van der Waals surface area (Å²) in [5.74, 6) is 0. The number of aromatic nitrogens is 2. The molecule has 0 aliphatic heterocycles. The van der Waals surface area contributed by atoms with Crippen LogP contribution in [-0.2, 0) is 21.6 Å². The summed E-state index contributed by atoms with van der Waals surface area (Å²) in [5.41, 5.74) is -0.411. The molecule has 0 spiro atoms. The molecule has 0 saturated heterocycles. The Hall–Kier alpha value is -0.660. The van der Waals surface area contributed by atoms with Gasteiger partial charge in [0.2, 0.25) is 0 Å². The number of hydrogen-bond acceptors (Lipinski definition) is 5. The number of hydrogen-bond donors (Lipinski definition) is 2. The second-order valence-electron chi connectivity index (χ2n) is 4.82. The zero-order valence-corrected chi connectivity index (χ0v) is 13.1. The number of nitrogens with zero attached hydrogens (tertiary/aromatic N) is 2. The number of aliphatic hydroxyl groups is 1. The summed E-state index contributed by atoms with van der Waals surface area (Å²) < 4.78 is 11.7. The van der Waals surface area contributed by atoms with Gasteiger partial charge in [0.25, 0.3) is 0 Å². The number of methoxy groups -OCH3 is 2. The number of halogens is 1. The molecule has 0 aromatic carbocycles. The molecule has 0 saturated carbocycles. The highest BCUT2D eigenvalue weighted by Crippen LogP contribution is 2.30. The minimum atomic E-state index is -1.04. The lowest BCUT2D eigenvalue weighted by Crippen LogP contribution is -2.32. The van der Waals surface area contributed by atoms with Gasteiger partial charge in [-0.1, -0.05) is 11.6 Å². The van der Waals surface area contributed by atoms with Crippen molar-refractivity contribution in [3.63, 3.8) is 0 Å². The van der Waals surface area contributed by atoms with E-state index in [0.717, 1.165) is 6.54 Å². The molecule has 7 heteroatoms. The van der Waals surface area contributed by atoms with Gasteiger partial charge in [0.05, 0.1) is 36.7 Å². The van der Waals surface area contributed by atoms with E-state index in [2.05, 4.69) is 10.4 Å². The molecule has 1 aromatic heterocycles. The lowest BCUT2D eigenvalue weighted by molar-refractivity contribution is 0.0367. The van der Waals surface area contributed by atoms with Crippen LogP contribution in [0.4, 0.5) is 0 Å². The van der Waals surface area contributed by atoms with Gasteiger partial charge in [-0.2, -0.15) is 5.10 Å². The quantitative estimate of drug-likeness (QED) is 0.632. The van der Waals surface area contributed by atoms with E-state index in [1.807, 2.05) is 0 Å². The fraction of sp³-hybridized carbons (Fsp3) is 0.769. The first-order chi connectivity index (χ1) is 9.53. The molecule has 1 aromatic rings. The second kappa shape index (κ2) is 8.59. The Morgan fingerprint density at radius 2 is 2.05 bits per heavy atom. The molecule has 0 aliphatic rings. The normalized spacial score (nSPS) is 14.4. The Kier molecular flexibility index (Phi) is 7.47. The molecule has 0 radical (unpaired) electrons. The summed E-state index contributed by atoms with van der Waals surface area (Å²) in [4.78, 5) is 0. The molecule has 0 fully saturated rings. The predicted molar refractivity (Wildman–Crippen MR) is 78.0 cm³/mol. The van der Waals surface area contributed by atoms with Crippen molar-refractivity contribution in [1.82, 2.24) is 15.1 Å². The molecule has 6 nitrogen and oxygen atoms in total. The number of nitrogens with one attached hydrogen (secondary N) is 1. The SMILES string of the molecule is COCCNCCC(C)(O)c1c(Cl)cnn1CCOC. The second-order valence-corrected chi connectivity index (χ2v) is 5.23. The van der Waals surface area contributed by atoms with Gasteiger partial charge in [0.1, 0.15) is 5.60 Å². The van der Waals surface area contributed by atoms with Crippen LogP contribution in [0.1, 0.15) is 19.0 Å². The maximum atomic E-state index is 10.6. The molecular formula is C13H24ClN3O3. The molecule has 1 atom stereocenters. The van der Waals surface area contributed by atoms with Gasteiger partial charge in [-0.05, 0) is 19.9 Å². The van der Waals surface area contributed by atoms with E-state index in [9.17, 15) is 5.11 Å². The standard InChI is InChI=1S/C13H24ClN3O3/c1-13(18,4-5-15-6-8-19-2)12-11(14)10-16-17(12)7-9-20-3/h10,15,18H,4-9H2,1-3H3. The third-order valence-corrected chi connectivity index (χ3v) is 3.36. The molecule has 0 amide bonds. The minimum Gasteiger partial charge on any atom is -0.384 e. The molecule has 116 valence electrons. The van der Waals surface area contributed by atoms with Crippen LogP contribution in [0, 0.1) is 0 Å². The summed E-state index contributed by atoms with van der Waals surface area (Å²) in [6.45, 7) is 4.90. The van der Waals surface area contributed by atoms with Crippen LogP contribution < -0.4 is 5.32 Å². The topological polar surface area (TPSA) is 68.5 Å². The molecule has 20 heavy (non-hydrogen) atoms. The smallest absolute Gasteiger partial charge is 0.106 e. The first-order valence-electron chi connectivity index (χ1n) is 6.65. The molecular weight excluding hydrogens is 282 g/mol. The number of ether oxygens (including phenoxy) is 2. The van der Waals surface area contributed by atoms with Crippen molar-refractivity contribution in [3.05, 3.63) is 16.9 Å². The van der Waals surface area contributed by atoms with E-state index >= 15 is 0 Å². The summed E-state index contributed by atoms with van der Waals surface area (Å²) >= 11 is 6.15. The van der Waals surface area contributed by atoms with Crippen LogP contribution in [0.15, 0.2) is 6.20 Å². The minimum absolute atomic E-state index is 0.475. The van der Waals surface area contributed by atoms with Gasteiger partial charge >= 0.3 is 0 Å². The van der Waals surface area contributed by atoms with E-state index < -0.39 is 5.60 Å². The van der Waals surface area contributed by atoms with Crippen LogP contribution in [0.25, 0.3) is 0 Å². The lowest BCUT2D eigenvalue weighted by Gasteiger charge is -2.25. The molecule has 0 aliphatic carbocycles. The van der Waals surface area contributed by atoms with E-state index in [0.29, 0.717) is 43.4 Å². The summed E-state index contributed by atoms with van der Waals surface area (Å²) in [5, 5.41) is 18.5. The predicted octanol–water partition coefficient (Wildman–Crippen LogP) is 1.02. The van der Waals surface area contributed by atoms with Gasteiger partial charge < -0.3 is 19.9 Å². The monoisotopic (exact) mass is 305 g/mol. The Balaban J connectivity index is 2.63. The molecule has 0 bridgehead atoms. The Morgan fingerprint density at radius 1 is 1.35 bits per heavy atom. The van der Waals surface area contributed by atoms with Crippen molar-refractivity contribution >= 4 is 11.6 Å². The van der Waals surface area contributed by atoms with E-state index in [1.165, 1.54) is 0 Å². The van der Waals surface area contributed by atoms with Crippen LogP contribution in [0.3, 0.4) is 0 Å². The maximum Gasteiger partial charge on any atom is 0.106 e. The van der Waals surface area contributed by atoms with Gasteiger partial charge in [0.15, 0.2) is 0 Å². The zero-order chi connectivity index (χ0) is 15.0. The molecule has 1 heterocycles. The van der Waals surface area contributed by atoms with Crippen LogP contribution in [0.5, 0.6) is 0 Å². The highest BCUT2D eigenvalue weighted by molar-refractivity contribution is 6.31. The first-order valence-corrected chi connectivity index (χ1v) is 7.03. The van der Waals surface area contributed by atoms with Crippen molar-refractivity contribution < 1.29 is 14.6 Å². The van der Waals surface area contributed by atoms with E-state index in [1.54, 1.807) is 32.0 Å². The Labute approximate surface area is 125 Å². The Morgan fingerprint density at radius 3 is 2.70 bits per heavy atom. The fourth-order valence-corrected chi connectivity index (χ4v) is 2.34. The average molecular weight is 306 g/mol. The Bertz CT molecular complexity index is 396. The maximum absolute atomic E-state index is 10.6. The van der Waals surface area contributed by atoms with Crippen molar-refractivity contribution in [2.24, 2.45) is 0 Å². The van der Waals surface area contributed by atoms with E-state index in [-0.39, 0.29) is 0 Å². The fourth-order valence-electron chi connectivity index (χ4n) is 1.99. The molecule has 2 N–H and O–H groups in total. The highest BCUT2D eigenvalue weighted by atomic mass is 35.5. The van der Waals surface area contributed by atoms with Crippen LogP contribution in [-0.4, -0.2) is 55.4 Å². The first kappa shape index (κ1) is 17.4. The summed E-state index contributed by atoms with van der Waals surface area (Å²) in [6, 6.07) is 0.